The van der Waals surface area contributed by atoms with E-state index in [0.717, 1.165) is 55.9 Å². The van der Waals surface area contributed by atoms with Gasteiger partial charge in [-0.3, -0.25) is 4.79 Å². The Morgan fingerprint density at radius 2 is 1.87 bits per heavy atom. The molecule has 5 rings (SSSR count). The van der Waals surface area contributed by atoms with E-state index in [0.29, 0.717) is 12.5 Å². The van der Waals surface area contributed by atoms with E-state index in [9.17, 15) is 4.79 Å². The second-order valence-electron chi connectivity index (χ2n) is 8.66. The minimum absolute atomic E-state index is 0.181. The molecule has 30 heavy (non-hydrogen) atoms. The second-order valence-corrected chi connectivity index (χ2v) is 8.66. The number of hydrogen-bond donors (Lipinski definition) is 2. The van der Waals surface area contributed by atoms with Gasteiger partial charge in [0.15, 0.2) is 0 Å². The van der Waals surface area contributed by atoms with Crippen LogP contribution < -0.4 is 15.4 Å². The number of hydrogen-bond acceptors (Lipinski definition) is 4. The molecule has 2 fully saturated rings. The van der Waals surface area contributed by atoms with Crippen molar-refractivity contribution in [3.05, 3.63) is 59.2 Å². The lowest BCUT2D eigenvalue weighted by Crippen LogP contribution is -2.36. The summed E-state index contributed by atoms with van der Waals surface area (Å²) in [7, 11) is 0. The molecule has 0 radical (unpaired) electrons. The van der Waals surface area contributed by atoms with E-state index < -0.39 is 0 Å². The maximum Gasteiger partial charge on any atom is 0.253 e. The Bertz CT molecular complexity index is 905. The van der Waals surface area contributed by atoms with E-state index in [4.69, 9.17) is 4.74 Å². The molecular formula is C25H31N3O2. The van der Waals surface area contributed by atoms with E-state index in [2.05, 4.69) is 47.0 Å². The average molecular weight is 406 g/mol. The number of ether oxygens (including phenoxy) is 1. The molecule has 0 aromatic heterocycles. The lowest BCUT2D eigenvalue weighted by molar-refractivity contribution is 0.0724. The smallest absolute Gasteiger partial charge is 0.253 e. The van der Waals surface area contributed by atoms with Crippen molar-refractivity contribution in [2.45, 2.75) is 44.7 Å². The molecule has 0 spiro atoms. The Kier molecular flexibility index (Phi) is 5.38. The number of fused-ring (bicyclic) bond motifs is 3. The first-order chi connectivity index (χ1) is 14.7. The summed E-state index contributed by atoms with van der Waals surface area (Å²) in [5.74, 6) is 1.57. The van der Waals surface area contributed by atoms with Crippen LogP contribution in [0.3, 0.4) is 0 Å². The molecule has 5 heteroatoms. The standard InChI is InChI=1S/C25H31N3O2/c1-2-30-19-9-6-17(7-10-19)23-20-12-13-26-24(20)21-16-18(8-11-22(21)27-23)25(29)28-14-4-3-5-15-28/h6-11,16,20,23-24,26-27H,2-5,12-15H2,1H3. The van der Waals surface area contributed by atoms with Crippen LogP contribution in [0.4, 0.5) is 5.69 Å². The summed E-state index contributed by atoms with van der Waals surface area (Å²) in [5, 5.41) is 7.48. The first-order valence-electron chi connectivity index (χ1n) is 11.4. The fraction of sp³-hybridized carbons (Fsp3) is 0.480. The van der Waals surface area contributed by atoms with E-state index in [-0.39, 0.29) is 18.0 Å². The summed E-state index contributed by atoms with van der Waals surface area (Å²) < 4.78 is 5.61. The highest BCUT2D eigenvalue weighted by Crippen LogP contribution is 2.47. The molecule has 5 nitrogen and oxygen atoms in total. The zero-order chi connectivity index (χ0) is 20.5. The van der Waals surface area contributed by atoms with E-state index in [1.165, 1.54) is 17.5 Å². The molecule has 3 atom stereocenters. The van der Waals surface area contributed by atoms with Crippen molar-refractivity contribution in [1.29, 1.82) is 0 Å². The topological polar surface area (TPSA) is 53.6 Å². The minimum Gasteiger partial charge on any atom is -0.494 e. The van der Waals surface area contributed by atoms with Crippen molar-refractivity contribution in [3.8, 4) is 5.75 Å². The van der Waals surface area contributed by atoms with Crippen molar-refractivity contribution in [3.63, 3.8) is 0 Å². The van der Waals surface area contributed by atoms with E-state index in [1.807, 2.05) is 17.9 Å². The third kappa shape index (κ3) is 3.56. The molecule has 0 bridgehead atoms. The fourth-order valence-corrected chi connectivity index (χ4v) is 5.33. The summed E-state index contributed by atoms with van der Waals surface area (Å²) in [6, 6.07) is 15.3. The number of nitrogens with one attached hydrogen (secondary N) is 2. The van der Waals surface area contributed by atoms with Gasteiger partial charge in [-0.2, -0.15) is 0 Å². The molecule has 0 saturated carbocycles. The van der Waals surface area contributed by atoms with Crippen LogP contribution in [0.25, 0.3) is 0 Å². The van der Waals surface area contributed by atoms with Gasteiger partial charge in [0.2, 0.25) is 0 Å². The Balaban J connectivity index is 1.42. The zero-order valence-corrected chi connectivity index (χ0v) is 17.7. The lowest BCUT2D eigenvalue weighted by Gasteiger charge is -2.37. The van der Waals surface area contributed by atoms with Gasteiger partial charge < -0.3 is 20.3 Å². The molecular weight excluding hydrogens is 374 g/mol. The maximum atomic E-state index is 13.0. The van der Waals surface area contributed by atoms with Crippen LogP contribution in [-0.4, -0.2) is 37.0 Å². The van der Waals surface area contributed by atoms with Crippen LogP contribution in [0.5, 0.6) is 5.75 Å². The second kappa shape index (κ2) is 8.31. The fourth-order valence-electron chi connectivity index (χ4n) is 5.33. The lowest BCUT2D eigenvalue weighted by atomic mass is 9.80. The predicted octanol–water partition coefficient (Wildman–Crippen LogP) is 4.53. The molecule has 1 amide bonds. The minimum atomic E-state index is 0.181. The number of carbonyl (C=O) groups excluding carboxylic acids is 1. The van der Waals surface area contributed by atoms with Crippen LogP contribution in [0.15, 0.2) is 42.5 Å². The number of amides is 1. The number of rotatable bonds is 4. The number of piperidine rings is 1. The van der Waals surface area contributed by atoms with Gasteiger partial charge in [-0.1, -0.05) is 12.1 Å². The highest BCUT2D eigenvalue weighted by Gasteiger charge is 2.40. The van der Waals surface area contributed by atoms with Crippen LogP contribution in [0, 0.1) is 5.92 Å². The number of nitrogens with zero attached hydrogens (tertiary/aromatic N) is 1. The molecule has 3 aliphatic rings. The molecule has 3 aliphatic heterocycles. The molecule has 2 aromatic rings. The summed E-state index contributed by atoms with van der Waals surface area (Å²) >= 11 is 0. The molecule has 158 valence electrons. The van der Waals surface area contributed by atoms with Gasteiger partial charge in [0.05, 0.1) is 12.6 Å². The average Bonchev–Trinajstić information content (AvgIpc) is 3.29. The van der Waals surface area contributed by atoms with Crippen molar-refractivity contribution in [2.24, 2.45) is 5.92 Å². The number of benzene rings is 2. The van der Waals surface area contributed by atoms with Crippen LogP contribution in [0.2, 0.25) is 0 Å². The van der Waals surface area contributed by atoms with Gasteiger partial charge >= 0.3 is 0 Å². The number of carbonyl (C=O) groups is 1. The SMILES string of the molecule is CCOc1ccc(C2Nc3ccc(C(=O)N4CCCCC4)cc3C3NCCC23)cc1. The molecule has 0 aliphatic carbocycles. The van der Waals surface area contributed by atoms with Gasteiger partial charge in [-0.05, 0) is 80.6 Å². The van der Waals surface area contributed by atoms with Crippen molar-refractivity contribution >= 4 is 11.6 Å². The Labute approximate surface area is 178 Å². The van der Waals surface area contributed by atoms with Crippen LogP contribution in [-0.2, 0) is 0 Å². The Morgan fingerprint density at radius 1 is 1.07 bits per heavy atom. The first kappa shape index (κ1) is 19.4. The first-order valence-corrected chi connectivity index (χ1v) is 11.4. The normalized spacial score (nSPS) is 25.2. The molecule has 2 aromatic carbocycles. The quantitative estimate of drug-likeness (QED) is 0.785. The number of anilines is 1. The van der Waals surface area contributed by atoms with Gasteiger partial charge in [0, 0.05) is 36.3 Å². The van der Waals surface area contributed by atoms with Gasteiger partial charge in [0.25, 0.3) is 5.91 Å². The Morgan fingerprint density at radius 3 is 2.63 bits per heavy atom. The highest BCUT2D eigenvalue weighted by atomic mass is 16.5. The zero-order valence-electron chi connectivity index (χ0n) is 17.7. The van der Waals surface area contributed by atoms with Crippen LogP contribution in [0.1, 0.15) is 66.2 Å². The summed E-state index contributed by atoms with van der Waals surface area (Å²) in [4.78, 5) is 15.0. The third-order valence-corrected chi connectivity index (χ3v) is 6.84. The molecule has 3 heterocycles. The maximum absolute atomic E-state index is 13.0. The summed E-state index contributed by atoms with van der Waals surface area (Å²) in [5.41, 5.74) is 4.49. The molecule has 3 unspecified atom stereocenters. The van der Waals surface area contributed by atoms with Crippen molar-refractivity contribution in [1.82, 2.24) is 10.2 Å². The summed E-state index contributed by atoms with van der Waals surface area (Å²) in [6.45, 7) is 5.47. The van der Waals surface area contributed by atoms with Crippen molar-refractivity contribution < 1.29 is 9.53 Å². The summed E-state index contributed by atoms with van der Waals surface area (Å²) in [6.07, 6.45) is 4.60. The Hall–Kier alpha value is -2.53. The monoisotopic (exact) mass is 405 g/mol. The van der Waals surface area contributed by atoms with E-state index >= 15 is 0 Å². The van der Waals surface area contributed by atoms with Crippen molar-refractivity contribution in [2.75, 3.05) is 31.6 Å². The molecule has 2 saturated heterocycles. The van der Waals surface area contributed by atoms with Gasteiger partial charge in [0.1, 0.15) is 5.75 Å². The predicted molar refractivity (Wildman–Crippen MR) is 119 cm³/mol. The largest absolute Gasteiger partial charge is 0.494 e. The highest BCUT2D eigenvalue weighted by molar-refractivity contribution is 5.95. The third-order valence-electron chi connectivity index (χ3n) is 6.84. The van der Waals surface area contributed by atoms with Gasteiger partial charge in [-0.25, -0.2) is 0 Å². The van der Waals surface area contributed by atoms with Gasteiger partial charge in [-0.15, -0.1) is 0 Å². The number of likely N-dealkylation sites (tertiary alicyclic amines) is 1. The van der Waals surface area contributed by atoms with Crippen LogP contribution >= 0.6 is 0 Å². The molecule has 2 N–H and O–H groups in total. The van der Waals surface area contributed by atoms with E-state index in [1.54, 1.807) is 0 Å².